The first-order valence-corrected chi connectivity index (χ1v) is 9.62. The third kappa shape index (κ3) is 3.36. The molecular weight excluding hydrogens is 387 g/mol. The van der Waals surface area contributed by atoms with E-state index in [0.29, 0.717) is 28.0 Å². The molecule has 0 atom stereocenters. The number of fused-ring (bicyclic) bond motifs is 1. The number of nitrogens with one attached hydrogen (secondary N) is 1. The van der Waals surface area contributed by atoms with Crippen LogP contribution in [0.25, 0.3) is 10.2 Å². The molecule has 0 aliphatic rings. The smallest absolute Gasteiger partial charge is 0.272 e. The molecule has 0 unspecified atom stereocenters. The van der Waals surface area contributed by atoms with E-state index in [1.807, 2.05) is 52.4 Å². The quantitative estimate of drug-likeness (QED) is 0.427. The van der Waals surface area contributed by atoms with Gasteiger partial charge >= 0.3 is 0 Å². The Morgan fingerprint density at radius 1 is 1.04 bits per heavy atom. The molecule has 130 valence electrons. The van der Waals surface area contributed by atoms with Crippen LogP contribution in [0.5, 0.6) is 0 Å². The van der Waals surface area contributed by atoms with Crippen molar-refractivity contribution < 1.29 is 4.79 Å². The lowest BCUT2D eigenvalue weighted by Crippen LogP contribution is -2.17. The molecule has 0 fully saturated rings. The Bertz CT molecular complexity index is 1090. The second-order valence-electron chi connectivity index (χ2n) is 5.85. The molecule has 0 bridgehead atoms. The van der Waals surface area contributed by atoms with Gasteiger partial charge in [-0.1, -0.05) is 53.5 Å². The van der Waals surface area contributed by atoms with Crippen molar-refractivity contribution in [3.05, 3.63) is 87.3 Å². The average Bonchev–Trinajstić information content (AvgIpc) is 3.22. The van der Waals surface area contributed by atoms with Crippen molar-refractivity contribution in [1.29, 1.82) is 0 Å². The molecule has 26 heavy (non-hydrogen) atoms. The summed E-state index contributed by atoms with van der Waals surface area (Å²) in [6, 6.07) is 19.0. The number of rotatable bonds is 4. The summed E-state index contributed by atoms with van der Waals surface area (Å²) in [6.45, 7) is 0.618. The molecule has 0 saturated carbocycles. The van der Waals surface area contributed by atoms with Crippen LogP contribution in [0.3, 0.4) is 0 Å². The van der Waals surface area contributed by atoms with Gasteiger partial charge in [0.25, 0.3) is 5.91 Å². The van der Waals surface area contributed by atoms with Crippen LogP contribution in [-0.2, 0) is 6.54 Å². The largest absolute Gasteiger partial charge is 0.331 e. The summed E-state index contributed by atoms with van der Waals surface area (Å²) < 4.78 is 3.10. The number of anilines is 1. The summed E-state index contributed by atoms with van der Waals surface area (Å²) in [4.78, 5) is 12.9. The summed E-state index contributed by atoms with van der Waals surface area (Å²) in [7, 11) is 0. The van der Waals surface area contributed by atoms with E-state index in [-0.39, 0.29) is 5.91 Å². The van der Waals surface area contributed by atoms with E-state index >= 15 is 0 Å². The van der Waals surface area contributed by atoms with Crippen LogP contribution in [-0.4, -0.2) is 10.5 Å². The molecule has 4 aromatic rings. The molecule has 1 amide bonds. The lowest BCUT2D eigenvalue weighted by molar-refractivity contribution is 0.101. The van der Waals surface area contributed by atoms with E-state index in [9.17, 15) is 4.79 Å². The first-order valence-electron chi connectivity index (χ1n) is 7.99. The Balaban J connectivity index is 1.71. The number of nitrogens with zero attached hydrogens (tertiary/aromatic N) is 1. The summed E-state index contributed by atoms with van der Waals surface area (Å²) in [5.74, 6) is -0.214. The highest BCUT2D eigenvalue weighted by atomic mass is 35.5. The van der Waals surface area contributed by atoms with Crippen LogP contribution >= 0.6 is 34.5 Å². The topological polar surface area (TPSA) is 34.0 Å². The number of halogens is 2. The predicted octanol–water partition coefficient (Wildman–Crippen LogP) is 6.31. The first kappa shape index (κ1) is 17.2. The van der Waals surface area contributed by atoms with E-state index in [2.05, 4.69) is 5.32 Å². The normalized spacial score (nSPS) is 11.0. The average molecular weight is 401 g/mol. The molecule has 0 aliphatic carbocycles. The minimum absolute atomic E-state index is 0.214. The first-order chi connectivity index (χ1) is 12.6. The fraction of sp³-hybridized carbons (Fsp3) is 0.0500. The highest BCUT2D eigenvalue weighted by molar-refractivity contribution is 7.17. The van der Waals surface area contributed by atoms with Crippen molar-refractivity contribution in [1.82, 2.24) is 4.57 Å². The van der Waals surface area contributed by atoms with Gasteiger partial charge in [0.15, 0.2) is 0 Å². The van der Waals surface area contributed by atoms with Crippen molar-refractivity contribution in [2.45, 2.75) is 6.54 Å². The van der Waals surface area contributed by atoms with Crippen LogP contribution < -0.4 is 5.32 Å². The van der Waals surface area contributed by atoms with E-state index in [4.69, 9.17) is 23.2 Å². The summed E-state index contributed by atoms with van der Waals surface area (Å²) >= 11 is 13.8. The maximum atomic E-state index is 12.9. The number of carbonyl (C=O) groups is 1. The van der Waals surface area contributed by atoms with Gasteiger partial charge in [0, 0.05) is 11.6 Å². The third-order valence-electron chi connectivity index (χ3n) is 4.12. The number of aromatic nitrogens is 1. The molecule has 3 nitrogen and oxygen atoms in total. The Hall–Kier alpha value is -2.27. The Morgan fingerprint density at radius 2 is 1.85 bits per heavy atom. The van der Waals surface area contributed by atoms with Gasteiger partial charge in [-0.3, -0.25) is 4.79 Å². The second-order valence-corrected chi connectivity index (χ2v) is 7.64. The van der Waals surface area contributed by atoms with Gasteiger partial charge in [0.1, 0.15) is 5.69 Å². The Morgan fingerprint density at radius 3 is 2.65 bits per heavy atom. The maximum absolute atomic E-state index is 12.9. The number of thiophene rings is 1. The molecule has 1 N–H and O–H groups in total. The van der Waals surface area contributed by atoms with Crippen molar-refractivity contribution in [2.75, 3.05) is 5.32 Å². The molecule has 0 radical (unpaired) electrons. The molecule has 2 aromatic heterocycles. The van der Waals surface area contributed by atoms with Crippen LogP contribution in [0, 0.1) is 0 Å². The summed E-state index contributed by atoms with van der Waals surface area (Å²) in [5, 5.41) is 5.87. The zero-order chi connectivity index (χ0) is 18.1. The van der Waals surface area contributed by atoms with Crippen LogP contribution in [0.2, 0.25) is 10.0 Å². The van der Waals surface area contributed by atoms with Gasteiger partial charge in [-0.15, -0.1) is 11.3 Å². The predicted molar refractivity (Wildman–Crippen MR) is 110 cm³/mol. The minimum atomic E-state index is -0.214. The van der Waals surface area contributed by atoms with E-state index in [0.717, 1.165) is 15.8 Å². The fourth-order valence-electron chi connectivity index (χ4n) is 2.88. The van der Waals surface area contributed by atoms with Crippen molar-refractivity contribution in [3.8, 4) is 0 Å². The zero-order valence-electron chi connectivity index (χ0n) is 13.6. The van der Waals surface area contributed by atoms with E-state index in [1.54, 1.807) is 29.5 Å². The highest BCUT2D eigenvalue weighted by Gasteiger charge is 2.18. The summed E-state index contributed by atoms with van der Waals surface area (Å²) in [6.07, 6.45) is 0. The van der Waals surface area contributed by atoms with Crippen LogP contribution in [0.1, 0.15) is 16.1 Å². The molecule has 2 heterocycles. The molecular formula is C20H14Cl2N2OS. The number of carbonyl (C=O) groups excluding carboxylic acids is 1. The fourth-order valence-corrected chi connectivity index (χ4v) is 4.04. The van der Waals surface area contributed by atoms with Crippen molar-refractivity contribution >= 4 is 56.3 Å². The lowest BCUT2D eigenvalue weighted by atomic mass is 10.2. The molecule has 4 rings (SSSR count). The van der Waals surface area contributed by atoms with Gasteiger partial charge in [0.2, 0.25) is 0 Å². The highest BCUT2D eigenvalue weighted by Crippen LogP contribution is 2.29. The SMILES string of the molecule is O=C(Nc1cc(Cl)ccc1Cl)c1cc2sccc2n1Cc1ccccc1. The van der Waals surface area contributed by atoms with Crippen LogP contribution in [0.15, 0.2) is 66.0 Å². The Labute approximate surface area is 164 Å². The van der Waals surface area contributed by atoms with Gasteiger partial charge in [-0.25, -0.2) is 0 Å². The van der Waals surface area contributed by atoms with E-state index in [1.165, 1.54) is 0 Å². The van der Waals surface area contributed by atoms with E-state index < -0.39 is 0 Å². The number of amides is 1. The Kier molecular flexibility index (Phi) is 4.72. The molecule has 0 spiro atoms. The van der Waals surface area contributed by atoms with Gasteiger partial charge in [0.05, 0.1) is 20.9 Å². The van der Waals surface area contributed by atoms with Gasteiger partial charge in [-0.2, -0.15) is 0 Å². The standard InChI is InChI=1S/C20H14Cl2N2OS/c21-14-6-7-15(22)16(10-14)23-20(25)18-11-19-17(8-9-26-19)24(18)12-13-4-2-1-3-5-13/h1-11H,12H2,(H,23,25). The van der Waals surface area contributed by atoms with Gasteiger partial charge in [-0.05, 0) is 41.3 Å². The van der Waals surface area contributed by atoms with Crippen LogP contribution in [0.4, 0.5) is 5.69 Å². The minimum Gasteiger partial charge on any atom is -0.331 e. The molecule has 6 heteroatoms. The number of benzene rings is 2. The van der Waals surface area contributed by atoms with Crippen molar-refractivity contribution in [3.63, 3.8) is 0 Å². The van der Waals surface area contributed by atoms with Crippen molar-refractivity contribution in [2.24, 2.45) is 0 Å². The molecule has 0 aliphatic heterocycles. The monoisotopic (exact) mass is 400 g/mol. The maximum Gasteiger partial charge on any atom is 0.272 e. The summed E-state index contributed by atoms with van der Waals surface area (Å²) in [5.41, 5.74) is 3.26. The third-order valence-corrected chi connectivity index (χ3v) is 5.53. The molecule has 0 saturated heterocycles. The number of hydrogen-bond acceptors (Lipinski definition) is 2. The zero-order valence-corrected chi connectivity index (χ0v) is 15.9. The molecule has 2 aromatic carbocycles. The second kappa shape index (κ2) is 7.16. The lowest BCUT2D eigenvalue weighted by Gasteiger charge is -2.12. The van der Waals surface area contributed by atoms with Gasteiger partial charge < -0.3 is 9.88 Å². The number of hydrogen-bond donors (Lipinski definition) is 1.